The van der Waals surface area contributed by atoms with Gasteiger partial charge in [-0.1, -0.05) is 50.9 Å². The Morgan fingerprint density at radius 2 is 1.60 bits per heavy atom. The van der Waals surface area contributed by atoms with E-state index < -0.39 is 35.1 Å². The van der Waals surface area contributed by atoms with Crippen molar-refractivity contribution in [1.29, 1.82) is 0 Å². The Kier molecular flexibility index (Phi) is 10.7. The van der Waals surface area contributed by atoms with Crippen molar-refractivity contribution >= 4 is 40.7 Å². The largest absolute Gasteiger partial charge is 0.494 e. The number of aliphatic hydroxyl groups is 1. The van der Waals surface area contributed by atoms with E-state index in [-0.39, 0.29) is 43.3 Å². The molecule has 3 amide bonds. The first-order chi connectivity index (χ1) is 23.1. The highest BCUT2D eigenvalue weighted by atomic mass is 35.5. The fourth-order valence-corrected chi connectivity index (χ4v) is 8.34. The van der Waals surface area contributed by atoms with E-state index in [1.165, 1.54) is 0 Å². The first-order valence-electron chi connectivity index (χ1n) is 17.0. The van der Waals surface area contributed by atoms with Crippen LogP contribution in [0.3, 0.4) is 0 Å². The second kappa shape index (κ2) is 14.4. The van der Waals surface area contributed by atoms with E-state index in [1.807, 2.05) is 52.0 Å². The lowest BCUT2D eigenvalue weighted by Gasteiger charge is -2.41. The smallest absolute Gasteiger partial charge is 0.253 e. The molecule has 3 saturated heterocycles. The average molecular weight is 678 g/mol. The summed E-state index contributed by atoms with van der Waals surface area (Å²) in [5, 5.41) is 11.3. The molecule has 3 aliphatic rings. The third-order valence-electron chi connectivity index (χ3n) is 10.7. The maximum atomic E-state index is 15.0. The van der Waals surface area contributed by atoms with Crippen LogP contribution in [-0.4, -0.2) is 77.3 Å². The summed E-state index contributed by atoms with van der Waals surface area (Å²) in [6.07, 6.45) is 5.41. The minimum Gasteiger partial charge on any atom is -0.494 e. The van der Waals surface area contributed by atoms with Crippen LogP contribution >= 0.6 is 11.6 Å². The molecule has 0 aliphatic carbocycles. The molecule has 3 heterocycles. The number of likely N-dealkylation sites (tertiary alicyclic amines) is 1. The molecule has 0 aromatic heterocycles. The van der Waals surface area contributed by atoms with Crippen molar-refractivity contribution in [3.05, 3.63) is 78.9 Å². The predicted octanol–water partition coefficient (Wildman–Crippen LogP) is 6.04. The summed E-state index contributed by atoms with van der Waals surface area (Å²) in [6.45, 7) is 16.2. The summed E-state index contributed by atoms with van der Waals surface area (Å²) in [7, 11) is 0. The van der Waals surface area contributed by atoms with E-state index >= 15 is 4.79 Å². The van der Waals surface area contributed by atoms with E-state index in [4.69, 9.17) is 21.1 Å². The normalized spacial score (nSPS) is 26.9. The number of benzene rings is 2. The summed E-state index contributed by atoms with van der Waals surface area (Å²) < 4.78 is 12.7. The highest BCUT2D eigenvalue weighted by Crippen LogP contribution is 2.65. The third kappa shape index (κ3) is 5.84. The Morgan fingerprint density at radius 1 is 1.02 bits per heavy atom. The molecule has 2 aromatic rings. The molecule has 0 radical (unpaired) electrons. The molecule has 2 unspecified atom stereocenters. The number of aliphatic hydroxyl groups excluding tert-OH is 1. The third-order valence-corrected chi connectivity index (χ3v) is 11.0. The highest BCUT2D eigenvalue weighted by molar-refractivity contribution is 6.30. The second-order valence-electron chi connectivity index (χ2n) is 13.1. The maximum absolute atomic E-state index is 15.0. The molecule has 1 spiro atoms. The predicted molar refractivity (Wildman–Crippen MR) is 188 cm³/mol. The van der Waals surface area contributed by atoms with Crippen LogP contribution in [0.4, 0.5) is 11.4 Å². The number of halogens is 1. The van der Waals surface area contributed by atoms with Crippen molar-refractivity contribution in [3.63, 3.8) is 0 Å². The van der Waals surface area contributed by atoms with Crippen molar-refractivity contribution in [3.8, 4) is 5.75 Å². The molecule has 48 heavy (non-hydrogen) atoms. The standard InChI is InChI=1S/C38H48ClN3O6/c1-7-22-40(28-16-18-29(19-17-28)47-11-5)34(44)31-32-35(45)42(30(24-43)25(6)9-3)33(38(32)21-20-37(31,10-4)48-38)36(46)41(23-8-2)27-14-12-26(39)13-15-27/h7-8,12-19,25,30-33,43H,1-2,9-11,20-24H2,3-6H3/t25-,30-,31-,32-,33?,37+,38?/m0/s1. The van der Waals surface area contributed by atoms with Crippen LogP contribution in [0.5, 0.6) is 5.75 Å². The second-order valence-corrected chi connectivity index (χ2v) is 13.5. The lowest BCUT2D eigenvalue weighted by Crippen LogP contribution is -2.60. The summed E-state index contributed by atoms with van der Waals surface area (Å²) in [5.74, 6) is -2.14. The first-order valence-corrected chi connectivity index (χ1v) is 17.4. The van der Waals surface area contributed by atoms with Crippen molar-refractivity contribution in [2.24, 2.45) is 17.8 Å². The van der Waals surface area contributed by atoms with Crippen LogP contribution in [0.15, 0.2) is 73.8 Å². The molecule has 2 bridgehead atoms. The lowest BCUT2D eigenvalue weighted by atomic mass is 9.64. The zero-order valence-electron chi connectivity index (χ0n) is 28.4. The Labute approximate surface area is 289 Å². The Morgan fingerprint density at radius 3 is 2.12 bits per heavy atom. The highest BCUT2D eigenvalue weighted by Gasteiger charge is 2.79. The van der Waals surface area contributed by atoms with Gasteiger partial charge in [-0.3, -0.25) is 14.4 Å². The van der Waals surface area contributed by atoms with Crippen LogP contribution in [0.1, 0.15) is 53.4 Å². The Hall–Kier alpha value is -3.66. The van der Waals surface area contributed by atoms with Crippen molar-refractivity contribution < 1.29 is 29.0 Å². The van der Waals surface area contributed by atoms with E-state index in [2.05, 4.69) is 13.2 Å². The van der Waals surface area contributed by atoms with Gasteiger partial charge in [0.1, 0.15) is 17.4 Å². The van der Waals surface area contributed by atoms with Crippen LogP contribution in [-0.2, 0) is 19.1 Å². The van der Waals surface area contributed by atoms with Gasteiger partial charge in [0, 0.05) is 29.5 Å². The molecule has 3 fully saturated rings. The van der Waals surface area contributed by atoms with Gasteiger partial charge in [0.05, 0.1) is 36.7 Å². The molecule has 10 heteroatoms. The molecule has 1 N–H and O–H groups in total. The summed E-state index contributed by atoms with van der Waals surface area (Å²) in [4.78, 5) is 49.7. The number of rotatable bonds is 15. The fourth-order valence-electron chi connectivity index (χ4n) is 8.21. The van der Waals surface area contributed by atoms with Gasteiger partial charge in [-0.2, -0.15) is 0 Å². The van der Waals surface area contributed by atoms with E-state index in [1.54, 1.807) is 51.1 Å². The molecule has 0 saturated carbocycles. The van der Waals surface area contributed by atoms with Gasteiger partial charge < -0.3 is 29.3 Å². The number of fused-ring (bicyclic) bond motifs is 1. The zero-order valence-corrected chi connectivity index (χ0v) is 29.2. The van der Waals surface area contributed by atoms with Gasteiger partial charge in [0.2, 0.25) is 11.8 Å². The number of nitrogens with zero attached hydrogens (tertiary/aromatic N) is 3. The number of hydrogen-bond acceptors (Lipinski definition) is 6. The number of ether oxygens (including phenoxy) is 2. The fraction of sp³-hybridized carbons (Fsp3) is 0.500. The quantitative estimate of drug-likeness (QED) is 0.231. The van der Waals surface area contributed by atoms with Crippen LogP contribution in [0.2, 0.25) is 5.02 Å². The number of carbonyl (C=O) groups is 3. The Balaban J connectivity index is 1.64. The molecule has 2 aromatic carbocycles. The molecule has 258 valence electrons. The SMILES string of the molecule is C=CCN(C(=O)C1N([C@@H](CO)[C@@H](C)CC)C(=O)[C@@H]2[C@@H](C(=O)N(CC=C)c3ccc(OCC)cc3)[C@@]3(CC)CCC12O3)c1ccc(Cl)cc1. The number of anilines is 2. The molecular formula is C38H48ClN3O6. The summed E-state index contributed by atoms with van der Waals surface area (Å²) in [5.41, 5.74) is -0.968. The van der Waals surface area contributed by atoms with Crippen LogP contribution in [0.25, 0.3) is 0 Å². The lowest BCUT2D eigenvalue weighted by molar-refractivity contribution is -0.150. The molecule has 9 nitrogen and oxygen atoms in total. The zero-order chi connectivity index (χ0) is 34.8. The molecule has 5 rings (SSSR count). The van der Waals surface area contributed by atoms with Gasteiger partial charge in [0.25, 0.3) is 5.91 Å². The van der Waals surface area contributed by atoms with Crippen molar-refractivity contribution in [2.75, 3.05) is 36.1 Å². The van der Waals surface area contributed by atoms with Gasteiger partial charge in [-0.25, -0.2) is 0 Å². The minimum absolute atomic E-state index is 0.125. The van der Waals surface area contributed by atoms with E-state index in [0.29, 0.717) is 54.4 Å². The van der Waals surface area contributed by atoms with Crippen molar-refractivity contribution in [2.45, 2.75) is 76.7 Å². The minimum atomic E-state index is -1.27. The molecular weight excluding hydrogens is 630 g/mol. The average Bonchev–Trinajstić information content (AvgIpc) is 3.70. The van der Waals surface area contributed by atoms with Gasteiger partial charge in [0.15, 0.2) is 0 Å². The monoisotopic (exact) mass is 677 g/mol. The van der Waals surface area contributed by atoms with Gasteiger partial charge in [-0.05, 0) is 80.6 Å². The van der Waals surface area contributed by atoms with Crippen LogP contribution < -0.4 is 14.5 Å². The van der Waals surface area contributed by atoms with E-state index in [9.17, 15) is 14.7 Å². The van der Waals surface area contributed by atoms with Gasteiger partial charge >= 0.3 is 0 Å². The summed E-state index contributed by atoms with van der Waals surface area (Å²) >= 11 is 6.20. The van der Waals surface area contributed by atoms with E-state index in [0.717, 1.165) is 0 Å². The van der Waals surface area contributed by atoms with Crippen molar-refractivity contribution in [1.82, 2.24) is 4.90 Å². The van der Waals surface area contributed by atoms with Crippen LogP contribution in [0, 0.1) is 17.8 Å². The number of carbonyl (C=O) groups excluding carboxylic acids is 3. The summed E-state index contributed by atoms with van der Waals surface area (Å²) in [6, 6.07) is 12.5. The Bertz CT molecular complexity index is 1520. The maximum Gasteiger partial charge on any atom is 0.253 e. The number of amides is 3. The molecule has 7 atom stereocenters. The molecule has 3 aliphatic heterocycles. The topological polar surface area (TPSA) is 99.6 Å². The number of hydrogen-bond donors (Lipinski definition) is 1. The van der Waals surface area contributed by atoms with Gasteiger partial charge in [-0.15, -0.1) is 13.2 Å². The first kappa shape index (κ1) is 35.6.